The predicted octanol–water partition coefficient (Wildman–Crippen LogP) is 9.89. The molecule has 0 bridgehead atoms. The zero-order chi connectivity index (χ0) is 26.1. The maximum atomic E-state index is 15.9. The Balaban J connectivity index is 1.48. The van der Waals surface area contributed by atoms with Gasteiger partial charge < -0.3 is 4.90 Å². The number of hydrogen-bond acceptors (Lipinski definition) is 1. The molecule has 0 saturated heterocycles. The molecular formula is C35H25F2N. The summed E-state index contributed by atoms with van der Waals surface area (Å²) in [5, 5.41) is 2.38. The monoisotopic (exact) mass is 497 g/mol. The molecule has 0 radical (unpaired) electrons. The third-order valence-electron chi connectivity index (χ3n) is 7.00. The summed E-state index contributed by atoms with van der Waals surface area (Å²) in [7, 11) is 1.70. The van der Waals surface area contributed by atoms with Gasteiger partial charge >= 0.3 is 0 Å². The number of rotatable bonds is 5. The molecule has 0 fully saturated rings. The van der Waals surface area contributed by atoms with Crippen molar-refractivity contribution in [2.45, 2.75) is 0 Å². The van der Waals surface area contributed by atoms with Gasteiger partial charge in [-0.3, -0.25) is 0 Å². The van der Waals surface area contributed by atoms with Gasteiger partial charge in [-0.25, -0.2) is 8.78 Å². The second-order valence-electron chi connectivity index (χ2n) is 9.37. The average Bonchev–Trinajstić information content (AvgIpc) is 2.97. The van der Waals surface area contributed by atoms with E-state index in [-0.39, 0.29) is 0 Å². The van der Waals surface area contributed by atoms with Crippen molar-refractivity contribution in [3.05, 3.63) is 145 Å². The molecule has 0 heterocycles. The van der Waals surface area contributed by atoms with Gasteiger partial charge in [0.25, 0.3) is 0 Å². The summed E-state index contributed by atoms with van der Waals surface area (Å²) in [6.45, 7) is 0. The Kier molecular flexibility index (Phi) is 6.19. The van der Waals surface area contributed by atoms with Crippen molar-refractivity contribution >= 4 is 22.1 Å². The van der Waals surface area contributed by atoms with Crippen LogP contribution in [0.3, 0.4) is 0 Å². The number of fused-ring (bicyclic) bond motifs is 1. The summed E-state index contributed by atoms with van der Waals surface area (Å²) >= 11 is 0. The van der Waals surface area contributed by atoms with Crippen LogP contribution >= 0.6 is 0 Å². The quantitative estimate of drug-likeness (QED) is 0.229. The molecule has 0 spiro atoms. The largest absolute Gasteiger partial charge is 0.339 e. The molecule has 0 aromatic heterocycles. The Morgan fingerprint density at radius 2 is 1.05 bits per heavy atom. The Morgan fingerprint density at radius 1 is 0.447 bits per heavy atom. The number of halogens is 2. The van der Waals surface area contributed by atoms with E-state index in [0.717, 1.165) is 27.8 Å². The lowest BCUT2D eigenvalue weighted by molar-refractivity contribution is 0.618. The van der Waals surface area contributed by atoms with Crippen molar-refractivity contribution in [2.75, 3.05) is 11.9 Å². The number of para-hydroxylation sites is 1. The summed E-state index contributed by atoms with van der Waals surface area (Å²) in [6, 6.07) is 42.5. The van der Waals surface area contributed by atoms with Crippen molar-refractivity contribution in [3.8, 4) is 33.4 Å². The standard InChI is InChI=1S/C35H25F2N/c1-38(34-14-8-7-13-32(34)36)35-31(22-30(23-33(35)37)24-9-3-2-4-10-24)27-18-15-26(16-19-27)29-20-17-25-11-5-6-12-28(25)21-29/h2-23H,1H3. The van der Waals surface area contributed by atoms with E-state index in [4.69, 9.17) is 0 Å². The summed E-state index contributed by atoms with van der Waals surface area (Å²) < 4.78 is 30.6. The smallest absolute Gasteiger partial charge is 0.148 e. The van der Waals surface area contributed by atoms with Gasteiger partial charge in [-0.15, -0.1) is 0 Å². The molecule has 6 aromatic carbocycles. The molecule has 0 aliphatic carbocycles. The molecule has 0 saturated carbocycles. The second-order valence-corrected chi connectivity index (χ2v) is 9.37. The van der Waals surface area contributed by atoms with E-state index in [9.17, 15) is 4.39 Å². The summed E-state index contributed by atoms with van der Waals surface area (Å²) in [5.41, 5.74) is 6.06. The lowest BCUT2D eigenvalue weighted by Crippen LogP contribution is -2.14. The Labute approximate surface area is 221 Å². The van der Waals surface area contributed by atoms with Crippen LogP contribution < -0.4 is 4.90 Å². The van der Waals surface area contributed by atoms with Gasteiger partial charge in [-0.2, -0.15) is 0 Å². The maximum Gasteiger partial charge on any atom is 0.148 e. The van der Waals surface area contributed by atoms with Gasteiger partial charge in [0.05, 0.1) is 11.4 Å². The van der Waals surface area contributed by atoms with Crippen LogP contribution in [-0.2, 0) is 0 Å². The molecule has 0 N–H and O–H groups in total. The van der Waals surface area contributed by atoms with E-state index >= 15 is 4.39 Å². The Morgan fingerprint density at radius 3 is 1.82 bits per heavy atom. The third kappa shape index (κ3) is 4.44. The first-order valence-electron chi connectivity index (χ1n) is 12.6. The molecule has 6 rings (SSSR count). The van der Waals surface area contributed by atoms with Crippen LogP contribution in [0.4, 0.5) is 20.2 Å². The summed E-state index contributed by atoms with van der Waals surface area (Å²) in [4.78, 5) is 1.59. The number of benzene rings is 6. The highest BCUT2D eigenvalue weighted by Crippen LogP contribution is 2.41. The van der Waals surface area contributed by atoms with E-state index in [2.05, 4.69) is 42.5 Å². The van der Waals surface area contributed by atoms with Crippen LogP contribution in [0.15, 0.2) is 133 Å². The third-order valence-corrected chi connectivity index (χ3v) is 7.00. The first kappa shape index (κ1) is 23.6. The van der Waals surface area contributed by atoms with Crippen molar-refractivity contribution in [1.29, 1.82) is 0 Å². The number of hydrogen-bond donors (Lipinski definition) is 0. The van der Waals surface area contributed by atoms with Crippen LogP contribution in [0.1, 0.15) is 0 Å². The van der Waals surface area contributed by atoms with E-state index < -0.39 is 11.6 Å². The first-order valence-corrected chi connectivity index (χ1v) is 12.6. The summed E-state index contributed by atoms with van der Waals surface area (Å²) in [6.07, 6.45) is 0. The van der Waals surface area contributed by atoms with Gasteiger partial charge in [0, 0.05) is 12.6 Å². The van der Waals surface area contributed by atoms with Crippen LogP contribution in [0.25, 0.3) is 44.2 Å². The van der Waals surface area contributed by atoms with E-state index in [1.807, 2.05) is 60.7 Å². The van der Waals surface area contributed by atoms with Crippen molar-refractivity contribution < 1.29 is 8.78 Å². The van der Waals surface area contributed by atoms with Crippen LogP contribution in [0, 0.1) is 11.6 Å². The zero-order valence-electron chi connectivity index (χ0n) is 20.9. The molecule has 38 heavy (non-hydrogen) atoms. The van der Waals surface area contributed by atoms with Crippen LogP contribution in [0.2, 0.25) is 0 Å². The molecule has 3 heteroatoms. The number of anilines is 2. The minimum absolute atomic E-state index is 0.313. The first-order chi connectivity index (χ1) is 18.6. The molecule has 0 aliphatic heterocycles. The second kappa shape index (κ2) is 9.95. The molecular weight excluding hydrogens is 472 g/mol. The fourth-order valence-corrected chi connectivity index (χ4v) is 5.01. The predicted molar refractivity (Wildman–Crippen MR) is 155 cm³/mol. The molecule has 0 amide bonds. The minimum Gasteiger partial charge on any atom is -0.339 e. The maximum absolute atomic E-state index is 15.9. The molecule has 184 valence electrons. The van der Waals surface area contributed by atoms with Gasteiger partial charge in [-0.05, 0) is 68.9 Å². The fraction of sp³-hybridized carbons (Fsp3) is 0.0286. The Bertz CT molecular complexity index is 1740. The zero-order valence-corrected chi connectivity index (χ0v) is 20.9. The average molecular weight is 498 g/mol. The topological polar surface area (TPSA) is 3.24 Å². The molecule has 0 atom stereocenters. The SMILES string of the molecule is CN(c1ccccc1F)c1c(F)cc(-c2ccccc2)cc1-c1ccc(-c2ccc3ccccc3c2)cc1. The molecule has 6 aromatic rings. The molecule has 0 aliphatic rings. The van der Waals surface area contributed by atoms with Gasteiger partial charge in [0.1, 0.15) is 11.6 Å². The van der Waals surface area contributed by atoms with E-state index in [1.54, 1.807) is 30.1 Å². The van der Waals surface area contributed by atoms with Gasteiger partial charge in [0.15, 0.2) is 0 Å². The molecule has 0 unspecified atom stereocenters. The minimum atomic E-state index is -0.411. The lowest BCUT2D eigenvalue weighted by Gasteiger charge is -2.25. The van der Waals surface area contributed by atoms with E-state index in [0.29, 0.717) is 16.9 Å². The highest BCUT2D eigenvalue weighted by Gasteiger charge is 2.20. The normalized spacial score (nSPS) is 11.0. The highest BCUT2D eigenvalue weighted by molar-refractivity contribution is 5.89. The van der Waals surface area contributed by atoms with Crippen molar-refractivity contribution in [2.24, 2.45) is 0 Å². The lowest BCUT2D eigenvalue weighted by atomic mass is 9.94. The van der Waals surface area contributed by atoms with Gasteiger partial charge in [0.2, 0.25) is 0 Å². The van der Waals surface area contributed by atoms with Crippen LogP contribution in [0.5, 0.6) is 0 Å². The van der Waals surface area contributed by atoms with Gasteiger partial charge in [-0.1, -0.05) is 103 Å². The van der Waals surface area contributed by atoms with Crippen molar-refractivity contribution in [1.82, 2.24) is 0 Å². The van der Waals surface area contributed by atoms with Crippen LogP contribution in [-0.4, -0.2) is 7.05 Å². The highest BCUT2D eigenvalue weighted by atomic mass is 19.1. The Hall–Kier alpha value is -4.76. The number of nitrogens with zero attached hydrogens (tertiary/aromatic N) is 1. The molecule has 1 nitrogen and oxygen atoms in total. The van der Waals surface area contributed by atoms with E-state index in [1.165, 1.54) is 22.9 Å². The van der Waals surface area contributed by atoms with Crippen molar-refractivity contribution in [3.63, 3.8) is 0 Å². The summed E-state index contributed by atoms with van der Waals surface area (Å²) in [5.74, 6) is -0.815. The fourth-order valence-electron chi connectivity index (χ4n) is 5.01.